The van der Waals surface area contributed by atoms with Crippen molar-refractivity contribution in [3.63, 3.8) is 0 Å². The summed E-state index contributed by atoms with van der Waals surface area (Å²) in [6.07, 6.45) is 5.98. The van der Waals surface area contributed by atoms with Crippen molar-refractivity contribution in [2.45, 2.75) is 56.6 Å². The van der Waals surface area contributed by atoms with Crippen LogP contribution in [0.4, 0.5) is 4.79 Å². The van der Waals surface area contributed by atoms with Crippen molar-refractivity contribution in [1.82, 2.24) is 10.2 Å². The van der Waals surface area contributed by atoms with Crippen LogP contribution in [-0.4, -0.2) is 40.5 Å². The minimum Gasteiger partial charge on any atom is -0.457 e. The van der Waals surface area contributed by atoms with Crippen LogP contribution in [-0.2, 0) is 14.3 Å². The molecule has 3 amide bonds. The Labute approximate surface area is 123 Å². The molecule has 0 radical (unpaired) electrons. The molecule has 3 saturated carbocycles. The molecular weight excluding hydrogens is 272 g/mol. The molecule has 0 aromatic heterocycles. The van der Waals surface area contributed by atoms with Gasteiger partial charge in [-0.15, -0.1) is 0 Å². The number of imide groups is 1. The number of nitrogens with one attached hydrogen (secondary N) is 1. The fraction of sp³-hybridized carbons (Fsp3) is 0.800. The van der Waals surface area contributed by atoms with E-state index in [4.69, 9.17) is 4.74 Å². The molecule has 4 fully saturated rings. The molecule has 1 aliphatic heterocycles. The highest BCUT2D eigenvalue weighted by molar-refractivity contribution is 6.08. The zero-order valence-corrected chi connectivity index (χ0v) is 12.2. The molecule has 1 saturated heterocycles. The minimum absolute atomic E-state index is 0.205. The standard InChI is InChI=1S/C15H20N2O4/c1-14(9-2-3-9)12(19)17(13(20)16-14)8-11(18)21-15(6-7-15)10-4-5-10/h9-10H,2-8H2,1H3,(H,16,20)/t14-/m0/s1. The third-order valence-corrected chi connectivity index (χ3v) is 5.36. The van der Waals surface area contributed by atoms with Gasteiger partial charge in [-0.25, -0.2) is 4.79 Å². The van der Waals surface area contributed by atoms with E-state index in [0.29, 0.717) is 5.92 Å². The number of hydrogen-bond donors (Lipinski definition) is 1. The van der Waals surface area contributed by atoms with Gasteiger partial charge < -0.3 is 10.1 Å². The summed E-state index contributed by atoms with van der Waals surface area (Å²) in [6.45, 7) is 1.49. The number of nitrogens with zero attached hydrogens (tertiary/aromatic N) is 1. The maximum atomic E-state index is 12.4. The highest BCUT2D eigenvalue weighted by atomic mass is 16.6. The van der Waals surface area contributed by atoms with Crippen LogP contribution in [0.1, 0.15) is 45.4 Å². The second-order valence-electron chi connectivity index (χ2n) is 7.11. The number of carbonyl (C=O) groups is 3. The van der Waals surface area contributed by atoms with E-state index in [-0.39, 0.29) is 24.0 Å². The van der Waals surface area contributed by atoms with Crippen molar-refractivity contribution in [3.8, 4) is 0 Å². The molecule has 6 heteroatoms. The molecule has 0 aromatic rings. The quantitative estimate of drug-likeness (QED) is 0.610. The first-order chi connectivity index (χ1) is 9.94. The first-order valence-electron chi connectivity index (χ1n) is 7.81. The normalized spacial score (nSPS) is 33.9. The van der Waals surface area contributed by atoms with E-state index in [1.165, 1.54) is 0 Å². The number of rotatable bonds is 5. The van der Waals surface area contributed by atoms with Gasteiger partial charge in [0.1, 0.15) is 17.7 Å². The number of carbonyl (C=O) groups excluding carboxylic acids is 3. The molecule has 0 bridgehead atoms. The Bertz CT molecular complexity index is 534. The van der Waals surface area contributed by atoms with Gasteiger partial charge in [0.2, 0.25) is 0 Å². The molecule has 1 atom stereocenters. The highest BCUT2D eigenvalue weighted by Gasteiger charge is 2.59. The van der Waals surface area contributed by atoms with Crippen molar-refractivity contribution in [3.05, 3.63) is 0 Å². The Morgan fingerprint density at radius 3 is 2.38 bits per heavy atom. The van der Waals surface area contributed by atoms with E-state index >= 15 is 0 Å². The van der Waals surface area contributed by atoms with Gasteiger partial charge in [0, 0.05) is 0 Å². The van der Waals surface area contributed by atoms with E-state index in [2.05, 4.69) is 5.32 Å². The van der Waals surface area contributed by atoms with Gasteiger partial charge in [0.25, 0.3) is 5.91 Å². The number of esters is 1. The van der Waals surface area contributed by atoms with E-state index in [0.717, 1.165) is 43.4 Å². The number of ether oxygens (including phenoxy) is 1. The molecule has 114 valence electrons. The van der Waals surface area contributed by atoms with Crippen LogP contribution in [0.3, 0.4) is 0 Å². The van der Waals surface area contributed by atoms with Crippen LogP contribution >= 0.6 is 0 Å². The average molecular weight is 292 g/mol. The lowest BCUT2D eigenvalue weighted by Gasteiger charge is -2.21. The molecule has 0 spiro atoms. The van der Waals surface area contributed by atoms with E-state index in [9.17, 15) is 14.4 Å². The summed E-state index contributed by atoms with van der Waals surface area (Å²) in [4.78, 5) is 37.5. The average Bonchev–Trinajstić information content (AvgIpc) is 3.24. The predicted octanol–water partition coefficient (Wildman–Crippen LogP) is 1.19. The van der Waals surface area contributed by atoms with Crippen molar-refractivity contribution < 1.29 is 19.1 Å². The van der Waals surface area contributed by atoms with Gasteiger partial charge in [-0.2, -0.15) is 0 Å². The predicted molar refractivity (Wildman–Crippen MR) is 72.2 cm³/mol. The van der Waals surface area contributed by atoms with Crippen molar-refractivity contribution in [1.29, 1.82) is 0 Å². The van der Waals surface area contributed by atoms with Crippen LogP contribution in [0.5, 0.6) is 0 Å². The summed E-state index contributed by atoms with van der Waals surface area (Å²) in [6, 6.07) is -0.470. The maximum absolute atomic E-state index is 12.4. The van der Waals surface area contributed by atoms with Gasteiger partial charge in [-0.3, -0.25) is 14.5 Å². The van der Waals surface area contributed by atoms with Crippen LogP contribution in [0.25, 0.3) is 0 Å². The summed E-state index contributed by atoms with van der Waals surface area (Å²) < 4.78 is 5.56. The second-order valence-corrected chi connectivity index (χ2v) is 7.11. The molecule has 1 heterocycles. The van der Waals surface area contributed by atoms with E-state index in [1.54, 1.807) is 6.92 Å². The summed E-state index contributed by atoms with van der Waals surface area (Å²) in [5, 5.41) is 2.74. The first-order valence-corrected chi connectivity index (χ1v) is 7.81. The van der Waals surface area contributed by atoms with Crippen LogP contribution in [0.2, 0.25) is 0 Å². The summed E-state index contributed by atoms with van der Waals surface area (Å²) in [5.74, 6) is -0.0383. The monoisotopic (exact) mass is 292 g/mol. The number of hydrogen-bond acceptors (Lipinski definition) is 4. The first kappa shape index (κ1) is 13.1. The second kappa shape index (κ2) is 3.99. The van der Waals surface area contributed by atoms with Gasteiger partial charge in [0.15, 0.2) is 0 Å². The summed E-state index contributed by atoms with van der Waals surface area (Å²) in [5.41, 5.74) is -1.10. The third-order valence-electron chi connectivity index (χ3n) is 5.36. The molecule has 0 aromatic carbocycles. The van der Waals surface area contributed by atoms with Crippen LogP contribution < -0.4 is 5.32 Å². The fourth-order valence-electron chi connectivity index (χ4n) is 3.51. The highest BCUT2D eigenvalue weighted by Crippen LogP contribution is 2.56. The third kappa shape index (κ3) is 2.03. The Hall–Kier alpha value is -1.59. The zero-order valence-electron chi connectivity index (χ0n) is 12.2. The largest absolute Gasteiger partial charge is 0.457 e. The molecule has 21 heavy (non-hydrogen) atoms. The molecule has 1 N–H and O–H groups in total. The Kier molecular flexibility index (Phi) is 2.49. The van der Waals surface area contributed by atoms with E-state index in [1.807, 2.05) is 0 Å². The van der Waals surface area contributed by atoms with Gasteiger partial charge >= 0.3 is 12.0 Å². The fourth-order valence-corrected chi connectivity index (χ4v) is 3.51. The maximum Gasteiger partial charge on any atom is 0.326 e. The number of amides is 3. The SMILES string of the molecule is C[C@@]1(C2CC2)NC(=O)N(CC(=O)OC2(C3CC3)CC2)C1=O. The Balaban J connectivity index is 1.41. The number of urea groups is 1. The molecule has 0 unspecified atom stereocenters. The summed E-state index contributed by atoms with van der Waals surface area (Å²) >= 11 is 0. The van der Waals surface area contributed by atoms with Crippen LogP contribution in [0.15, 0.2) is 0 Å². The molecule has 4 aliphatic rings. The molecule has 3 aliphatic carbocycles. The zero-order chi connectivity index (χ0) is 14.8. The Morgan fingerprint density at radius 2 is 1.86 bits per heavy atom. The molecule has 4 rings (SSSR count). The minimum atomic E-state index is -0.828. The van der Waals surface area contributed by atoms with Gasteiger partial charge in [-0.1, -0.05) is 0 Å². The molecular formula is C15H20N2O4. The topological polar surface area (TPSA) is 75.7 Å². The lowest BCUT2D eigenvalue weighted by atomic mass is 9.96. The van der Waals surface area contributed by atoms with Gasteiger partial charge in [-0.05, 0) is 57.3 Å². The van der Waals surface area contributed by atoms with Crippen molar-refractivity contribution in [2.24, 2.45) is 11.8 Å². The lowest BCUT2D eigenvalue weighted by molar-refractivity contribution is -0.155. The Morgan fingerprint density at radius 1 is 1.24 bits per heavy atom. The van der Waals surface area contributed by atoms with Crippen molar-refractivity contribution in [2.75, 3.05) is 6.54 Å². The van der Waals surface area contributed by atoms with Gasteiger partial charge in [0.05, 0.1) is 0 Å². The van der Waals surface area contributed by atoms with Crippen molar-refractivity contribution >= 4 is 17.9 Å². The lowest BCUT2D eigenvalue weighted by Crippen LogP contribution is -2.46. The summed E-state index contributed by atoms with van der Waals surface area (Å²) in [7, 11) is 0. The molecule has 6 nitrogen and oxygen atoms in total. The van der Waals surface area contributed by atoms with E-state index < -0.39 is 17.5 Å². The smallest absolute Gasteiger partial charge is 0.326 e. The van der Waals surface area contributed by atoms with Crippen LogP contribution in [0, 0.1) is 11.8 Å².